The minimum absolute atomic E-state index is 0.727. The fourth-order valence-corrected chi connectivity index (χ4v) is 1.81. The Morgan fingerprint density at radius 3 is 2.81 bits per heavy atom. The molecule has 1 aromatic heterocycles. The van der Waals surface area contributed by atoms with Crippen molar-refractivity contribution in [3.63, 3.8) is 0 Å². The van der Waals surface area contributed by atoms with Gasteiger partial charge < -0.3 is 5.32 Å². The van der Waals surface area contributed by atoms with Crippen molar-refractivity contribution in [3.05, 3.63) is 46.2 Å². The predicted octanol–water partition coefficient (Wildman–Crippen LogP) is 3.29. The van der Waals surface area contributed by atoms with Gasteiger partial charge in [-0.15, -0.1) is 0 Å². The first-order chi connectivity index (χ1) is 7.66. The number of hydrogen-bond acceptors (Lipinski definition) is 2. The number of aromatic amines is 1. The molecule has 0 radical (unpaired) electrons. The predicted molar refractivity (Wildman–Crippen MR) is 66.8 cm³/mol. The average Bonchev–Trinajstić information content (AvgIpc) is 2.63. The van der Waals surface area contributed by atoms with Crippen LogP contribution in [0.2, 0.25) is 5.02 Å². The van der Waals surface area contributed by atoms with Crippen molar-refractivity contribution in [1.82, 2.24) is 10.2 Å². The van der Waals surface area contributed by atoms with Gasteiger partial charge in [0.15, 0.2) is 0 Å². The van der Waals surface area contributed by atoms with Crippen molar-refractivity contribution in [2.24, 2.45) is 0 Å². The van der Waals surface area contributed by atoms with Crippen molar-refractivity contribution in [2.75, 3.05) is 5.32 Å². The molecule has 0 bridgehead atoms. The summed E-state index contributed by atoms with van der Waals surface area (Å²) in [4.78, 5) is 0. The van der Waals surface area contributed by atoms with E-state index < -0.39 is 0 Å². The maximum absolute atomic E-state index is 6.12. The quantitative estimate of drug-likeness (QED) is 0.857. The molecule has 3 nitrogen and oxygen atoms in total. The van der Waals surface area contributed by atoms with Crippen molar-refractivity contribution >= 4 is 17.3 Å². The Hall–Kier alpha value is -1.48. The largest absolute Gasteiger partial charge is 0.380 e. The molecule has 84 valence electrons. The molecule has 2 aromatic rings. The van der Waals surface area contributed by atoms with Crippen LogP contribution in [0, 0.1) is 13.8 Å². The molecule has 1 heterocycles. The highest BCUT2D eigenvalue weighted by Crippen LogP contribution is 2.23. The van der Waals surface area contributed by atoms with Crippen LogP contribution in [0.3, 0.4) is 0 Å². The average molecular weight is 236 g/mol. The van der Waals surface area contributed by atoms with Gasteiger partial charge in [0.1, 0.15) is 0 Å². The number of nitrogens with zero attached hydrogens (tertiary/aromatic N) is 1. The van der Waals surface area contributed by atoms with E-state index >= 15 is 0 Å². The Morgan fingerprint density at radius 1 is 1.38 bits per heavy atom. The van der Waals surface area contributed by atoms with Gasteiger partial charge in [-0.25, -0.2) is 0 Å². The zero-order valence-electron chi connectivity index (χ0n) is 9.34. The zero-order chi connectivity index (χ0) is 11.5. The highest BCUT2D eigenvalue weighted by atomic mass is 35.5. The molecule has 0 saturated carbocycles. The maximum Gasteiger partial charge on any atom is 0.0640 e. The highest BCUT2D eigenvalue weighted by Gasteiger charge is 2.02. The van der Waals surface area contributed by atoms with Crippen LogP contribution in [-0.4, -0.2) is 10.2 Å². The summed E-state index contributed by atoms with van der Waals surface area (Å²) in [5.74, 6) is 0. The number of aryl methyl sites for hydroxylation is 2. The first-order valence-corrected chi connectivity index (χ1v) is 5.53. The van der Waals surface area contributed by atoms with Gasteiger partial charge in [0.25, 0.3) is 0 Å². The molecule has 0 aliphatic heterocycles. The third-order valence-corrected chi connectivity index (χ3v) is 2.84. The Bertz CT molecular complexity index is 491. The number of anilines is 1. The summed E-state index contributed by atoms with van der Waals surface area (Å²) < 4.78 is 0. The highest BCUT2D eigenvalue weighted by molar-refractivity contribution is 6.33. The number of halogens is 1. The zero-order valence-corrected chi connectivity index (χ0v) is 10.1. The lowest BCUT2D eigenvalue weighted by molar-refractivity contribution is 1.04. The number of aromatic nitrogens is 2. The Balaban J connectivity index is 2.08. The summed E-state index contributed by atoms with van der Waals surface area (Å²) >= 11 is 6.12. The lowest BCUT2D eigenvalue weighted by Gasteiger charge is -2.08. The van der Waals surface area contributed by atoms with Crippen molar-refractivity contribution in [3.8, 4) is 0 Å². The van der Waals surface area contributed by atoms with Crippen LogP contribution in [0.25, 0.3) is 0 Å². The van der Waals surface area contributed by atoms with Gasteiger partial charge in [-0.2, -0.15) is 5.10 Å². The first kappa shape index (κ1) is 11.0. The fourth-order valence-electron chi connectivity index (χ4n) is 1.51. The smallest absolute Gasteiger partial charge is 0.0640 e. The summed E-state index contributed by atoms with van der Waals surface area (Å²) in [6.07, 6.45) is 1.82. The monoisotopic (exact) mass is 235 g/mol. The minimum Gasteiger partial charge on any atom is -0.380 e. The van der Waals surface area contributed by atoms with E-state index in [1.54, 1.807) is 0 Å². The Morgan fingerprint density at radius 2 is 2.19 bits per heavy atom. The number of hydrogen-bond donors (Lipinski definition) is 2. The first-order valence-electron chi connectivity index (χ1n) is 5.15. The molecule has 0 aliphatic rings. The van der Waals surface area contributed by atoms with Crippen LogP contribution in [0.4, 0.5) is 5.69 Å². The van der Waals surface area contributed by atoms with Crippen LogP contribution in [0.1, 0.15) is 16.8 Å². The van der Waals surface area contributed by atoms with E-state index in [9.17, 15) is 0 Å². The van der Waals surface area contributed by atoms with E-state index in [1.807, 2.05) is 38.2 Å². The van der Waals surface area contributed by atoms with Crippen molar-refractivity contribution in [2.45, 2.75) is 20.4 Å². The van der Waals surface area contributed by atoms with Gasteiger partial charge in [-0.3, -0.25) is 5.10 Å². The molecule has 1 aromatic carbocycles. The summed E-state index contributed by atoms with van der Waals surface area (Å²) in [6, 6.07) is 5.98. The van der Waals surface area contributed by atoms with Gasteiger partial charge >= 0.3 is 0 Å². The molecule has 16 heavy (non-hydrogen) atoms. The molecule has 2 N–H and O–H groups in total. The lowest BCUT2D eigenvalue weighted by atomic mass is 10.2. The van der Waals surface area contributed by atoms with Gasteiger partial charge in [0.2, 0.25) is 0 Å². The molecule has 0 amide bonds. The van der Waals surface area contributed by atoms with Gasteiger partial charge in [-0.1, -0.05) is 17.7 Å². The normalized spacial score (nSPS) is 10.4. The van der Waals surface area contributed by atoms with Crippen LogP contribution in [0.15, 0.2) is 24.4 Å². The molecule has 4 heteroatoms. The standard InChI is InChI=1S/C12H14ClN3/c1-8-3-4-12(11(13)5-8)14-6-10-7-15-16-9(10)2/h3-5,7,14H,6H2,1-2H3,(H,15,16). The summed E-state index contributed by atoms with van der Waals surface area (Å²) in [5, 5.41) is 10.9. The molecular formula is C12H14ClN3. The van der Waals surface area contributed by atoms with Crippen LogP contribution in [-0.2, 0) is 6.54 Å². The second kappa shape index (κ2) is 4.58. The molecule has 2 rings (SSSR count). The Labute approximate surface area is 99.8 Å². The minimum atomic E-state index is 0.727. The van der Waals surface area contributed by atoms with Crippen molar-refractivity contribution in [1.29, 1.82) is 0 Å². The van der Waals surface area contributed by atoms with E-state index in [2.05, 4.69) is 15.5 Å². The third kappa shape index (κ3) is 2.36. The molecule has 0 unspecified atom stereocenters. The number of rotatable bonds is 3. The fraction of sp³-hybridized carbons (Fsp3) is 0.250. The van der Waals surface area contributed by atoms with Gasteiger partial charge in [-0.05, 0) is 31.5 Å². The van der Waals surface area contributed by atoms with E-state index in [1.165, 1.54) is 0 Å². The summed E-state index contributed by atoms with van der Waals surface area (Å²) in [5.41, 5.74) is 4.34. The maximum atomic E-state index is 6.12. The topological polar surface area (TPSA) is 40.7 Å². The summed E-state index contributed by atoms with van der Waals surface area (Å²) in [7, 11) is 0. The molecule has 0 spiro atoms. The molecule has 0 atom stereocenters. The lowest BCUT2D eigenvalue weighted by Crippen LogP contribution is -2.00. The molecule has 0 aliphatic carbocycles. The number of nitrogens with one attached hydrogen (secondary N) is 2. The van der Waals surface area contributed by atoms with Crippen molar-refractivity contribution < 1.29 is 0 Å². The van der Waals surface area contributed by atoms with E-state index in [0.717, 1.165) is 34.1 Å². The van der Waals surface area contributed by atoms with E-state index in [-0.39, 0.29) is 0 Å². The molecular weight excluding hydrogens is 222 g/mol. The van der Waals surface area contributed by atoms with Crippen LogP contribution in [0.5, 0.6) is 0 Å². The second-order valence-corrected chi connectivity index (χ2v) is 4.26. The SMILES string of the molecule is Cc1ccc(NCc2cn[nH]c2C)c(Cl)c1. The summed E-state index contributed by atoms with van der Waals surface area (Å²) in [6.45, 7) is 4.75. The van der Waals surface area contributed by atoms with Crippen LogP contribution < -0.4 is 5.32 Å². The Kier molecular flexibility index (Phi) is 3.15. The van der Waals surface area contributed by atoms with Crippen LogP contribution >= 0.6 is 11.6 Å². The molecule has 0 fully saturated rings. The number of benzene rings is 1. The van der Waals surface area contributed by atoms with E-state index in [4.69, 9.17) is 11.6 Å². The second-order valence-electron chi connectivity index (χ2n) is 3.86. The van der Waals surface area contributed by atoms with E-state index in [0.29, 0.717) is 0 Å². The number of H-pyrrole nitrogens is 1. The van der Waals surface area contributed by atoms with Gasteiger partial charge in [0.05, 0.1) is 16.9 Å². The van der Waals surface area contributed by atoms with Gasteiger partial charge in [0, 0.05) is 17.8 Å². The third-order valence-electron chi connectivity index (χ3n) is 2.53. The molecule has 0 saturated heterocycles.